The van der Waals surface area contributed by atoms with Gasteiger partial charge in [-0.15, -0.1) is 0 Å². The molecule has 0 radical (unpaired) electrons. The summed E-state index contributed by atoms with van der Waals surface area (Å²) in [4.78, 5) is 22.4. The van der Waals surface area contributed by atoms with E-state index < -0.39 is 5.41 Å². The van der Waals surface area contributed by atoms with Crippen LogP contribution in [0.5, 0.6) is 0 Å². The Labute approximate surface area is 112 Å². The van der Waals surface area contributed by atoms with Gasteiger partial charge < -0.3 is 16.4 Å². The molecule has 0 aromatic carbocycles. The average molecular weight is 261 g/mol. The normalized spacial score (nSPS) is 26.7. The molecule has 0 bridgehead atoms. The zero-order chi connectivity index (χ0) is 13.6. The van der Waals surface area contributed by atoms with Crippen molar-refractivity contribution in [3.63, 3.8) is 0 Å². The van der Waals surface area contributed by atoms with Gasteiger partial charge in [0.2, 0.25) is 5.91 Å². The van der Waals surface area contributed by atoms with E-state index in [2.05, 4.69) is 14.9 Å². The van der Waals surface area contributed by atoms with Gasteiger partial charge in [-0.25, -0.2) is 9.97 Å². The van der Waals surface area contributed by atoms with Crippen molar-refractivity contribution in [2.24, 2.45) is 11.1 Å². The Morgan fingerprint density at radius 2 is 2.21 bits per heavy atom. The monoisotopic (exact) mass is 261 g/mol. The minimum absolute atomic E-state index is 0.251. The predicted molar refractivity (Wildman–Crippen MR) is 72.6 cm³/mol. The van der Waals surface area contributed by atoms with Crippen LogP contribution >= 0.6 is 0 Å². The lowest BCUT2D eigenvalue weighted by atomic mass is 9.89. The van der Waals surface area contributed by atoms with E-state index in [0.29, 0.717) is 18.3 Å². The minimum atomic E-state index is -0.473. The van der Waals surface area contributed by atoms with E-state index in [1.807, 2.05) is 6.92 Å². The van der Waals surface area contributed by atoms with Crippen molar-refractivity contribution in [2.45, 2.75) is 32.1 Å². The number of nitrogens with zero attached hydrogens (tertiary/aromatic N) is 3. The predicted octanol–water partition coefficient (Wildman–Crippen LogP) is 0.638. The number of hydrogen-bond acceptors (Lipinski definition) is 5. The number of rotatable bonds is 3. The largest absolute Gasteiger partial charge is 0.384 e. The fraction of sp³-hybridized carbons (Fsp3) is 0.615. The standard InChI is InChI=1S/C13H19N5O/c1-13(12(15)19)4-5-18(7-13)10-6-9(14)16-11(17-10)8-2-3-8/h6,8H,2-5,7H2,1H3,(H2,15,19)(H2,14,16,17). The summed E-state index contributed by atoms with van der Waals surface area (Å²) < 4.78 is 0. The quantitative estimate of drug-likeness (QED) is 0.832. The van der Waals surface area contributed by atoms with Crippen molar-refractivity contribution in [2.75, 3.05) is 23.7 Å². The first-order valence-corrected chi connectivity index (χ1v) is 6.67. The third kappa shape index (κ3) is 2.22. The Bertz CT molecular complexity index is 528. The zero-order valence-electron chi connectivity index (χ0n) is 11.1. The molecular formula is C13H19N5O. The highest BCUT2D eigenvalue weighted by molar-refractivity contribution is 5.82. The van der Waals surface area contributed by atoms with E-state index in [0.717, 1.165) is 37.4 Å². The van der Waals surface area contributed by atoms with Crippen molar-refractivity contribution in [1.29, 1.82) is 0 Å². The van der Waals surface area contributed by atoms with Crippen molar-refractivity contribution in [1.82, 2.24) is 9.97 Å². The molecule has 3 rings (SSSR count). The second kappa shape index (κ2) is 4.08. The molecule has 1 aromatic heterocycles. The van der Waals surface area contributed by atoms with E-state index in [4.69, 9.17) is 11.5 Å². The Morgan fingerprint density at radius 1 is 1.47 bits per heavy atom. The maximum atomic E-state index is 11.5. The molecule has 4 N–H and O–H groups in total. The summed E-state index contributed by atoms with van der Waals surface area (Å²) in [6, 6.07) is 1.78. The van der Waals surface area contributed by atoms with E-state index in [-0.39, 0.29) is 5.91 Å². The third-order valence-electron chi connectivity index (χ3n) is 4.08. The fourth-order valence-corrected chi connectivity index (χ4v) is 2.52. The molecular weight excluding hydrogens is 242 g/mol. The van der Waals surface area contributed by atoms with Crippen LogP contribution in [0.1, 0.15) is 37.9 Å². The molecule has 1 saturated carbocycles. The topological polar surface area (TPSA) is 98.1 Å². The number of anilines is 2. The lowest BCUT2D eigenvalue weighted by Crippen LogP contribution is -2.37. The number of hydrogen-bond donors (Lipinski definition) is 2. The van der Waals surface area contributed by atoms with Gasteiger partial charge in [-0.2, -0.15) is 0 Å². The Morgan fingerprint density at radius 3 is 2.79 bits per heavy atom. The van der Waals surface area contributed by atoms with E-state index in [9.17, 15) is 4.79 Å². The average Bonchev–Trinajstić information content (AvgIpc) is 3.12. The molecule has 1 unspecified atom stereocenters. The molecule has 1 amide bonds. The maximum absolute atomic E-state index is 11.5. The molecule has 1 aliphatic carbocycles. The SMILES string of the molecule is CC1(C(N)=O)CCN(c2cc(N)nc(C3CC3)n2)C1. The lowest BCUT2D eigenvalue weighted by molar-refractivity contribution is -0.125. The smallest absolute Gasteiger partial charge is 0.225 e. The first-order chi connectivity index (χ1) is 8.98. The number of nitrogen functional groups attached to an aromatic ring is 1. The molecule has 1 saturated heterocycles. The molecule has 102 valence electrons. The number of nitrogens with two attached hydrogens (primary N) is 2. The van der Waals surface area contributed by atoms with Gasteiger partial charge in [0, 0.05) is 25.1 Å². The molecule has 1 atom stereocenters. The summed E-state index contributed by atoms with van der Waals surface area (Å²) in [6.07, 6.45) is 3.04. The van der Waals surface area contributed by atoms with Crippen LogP contribution in [-0.2, 0) is 4.79 Å². The molecule has 2 fully saturated rings. The number of amides is 1. The van der Waals surface area contributed by atoms with Gasteiger partial charge in [0.25, 0.3) is 0 Å². The van der Waals surface area contributed by atoms with Crippen LogP contribution < -0.4 is 16.4 Å². The minimum Gasteiger partial charge on any atom is -0.384 e. The van der Waals surface area contributed by atoms with Gasteiger partial charge in [-0.1, -0.05) is 0 Å². The summed E-state index contributed by atoms with van der Waals surface area (Å²) >= 11 is 0. The number of aromatic nitrogens is 2. The van der Waals surface area contributed by atoms with Crippen molar-refractivity contribution in [3.05, 3.63) is 11.9 Å². The first kappa shape index (κ1) is 12.2. The third-order valence-corrected chi connectivity index (χ3v) is 4.08. The van der Waals surface area contributed by atoms with Gasteiger partial charge >= 0.3 is 0 Å². The molecule has 2 aliphatic rings. The van der Waals surface area contributed by atoms with Crippen LogP contribution in [0.2, 0.25) is 0 Å². The molecule has 2 heterocycles. The van der Waals surface area contributed by atoms with Crippen LogP contribution in [-0.4, -0.2) is 29.0 Å². The van der Waals surface area contributed by atoms with Crippen LogP contribution in [0.3, 0.4) is 0 Å². The Kier molecular flexibility index (Phi) is 2.62. The highest BCUT2D eigenvalue weighted by Gasteiger charge is 2.39. The van der Waals surface area contributed by atoms with Crippen LogP contribution in [0.25, 0.3) is 0 Å². The Balaban J connectivity index is 1.85. The summed E-state index contributed by atoms with van der Waals surface area (Å²) in [6.45, 7) is 3.28. The van der Waals surface area contributed by atoms with Gasteiger partial charge in [0.05, 0.1) is 5.41 Å². The van der Waals surface area contributed by atoms with Crippen LogP contribution in [0, 0.1) is 5.41 Å². The highest BCUT2D eigenvalue weighted by atomic mass is 16.1. The lowest BCUT2D eigenvalue weighted by Gasteiger charge is -2.22. The molecule has 1 aliphatic heterocycles. The summed E-state index contributed by atoms with van der Waals surface area (Å²) in [5.74, 6) is 2.37. The van der Waals surface area contributed by atoms with Crippen LogP contribution in [0.15, 0.2) is 6.07 Å². The number of carbonyl (C=O) groups excluding carboxylic acids is 1. The molecule has 1 aromatic rings. The first-order valence-electron chi connectivity index (χ1n) is 6.67. The second-order valence-corrected chi connectivity index (χ2v) is 5.88. The highest BCUT2D eigenvalue weighted by Crippen LogP contribution is 2.39. The van der Waals surface area contributed by atoms with Gasteiger partial charge in [0.15, 0.2) is 0 Å². The molecule has 19 heavy (non-hydrogen) atoms. The molecule has 0 spiro atoms. The maximum Gasteiger partial charge on any atom is 0.225 e. The van der Waals surface area contributed by atoms with Crippen molar-refractivity contribution in [3.8, 4) is 0 Å². The fourth-order valence-electron chi connectivity index (χ4n) is 2.52. The van der Waals surface area contributed by atoms with Gasteiger partial charge in [-0.05, 0) is 26.2 Å². The van der Waals surface area contributed by atoms with Gasteiger partial charge in [0.1, 0.15) is 17.5 Å². The number of carbonyl (C=O) groups is 1. The van der Waals surface area contributed by atoms with E-state index in [1.165, 1.54) is 0 Å². The van der Waals surface area contributed by atoms with Gasteiger partial charge in [-0.3, -0.25) is 4.79 Å². The van der Waals surface area contributed by atoms with Crippen molar-refractivity contribution < 1.29 is 4.79 Å². The summed E-state index contributed by atoms with van der Waals surface area (Å²) in [5, 5.41) is 0. The summed E-state index contributed by atoms with van der Waals surface area (Å²) in [5.41, 5.74) is 10.8. The van der Waals surface area contributed by atoms with Crippen LogP contribution in [0.4, 0.5) is 11.6 Å². The molecule has 6 heteroatoms. The van der Waals surface area contributed by atoms with E-state index in [1.54, 1.807) is 6.07 Å². The second-order valence-electron chi connectivity index (χ2n) is 5.88. The Hall–Kier alpha value is -1.85. The molecule has 6 nitrogen and oxygen atoms in total. The van der Waals surface area contributed by atoms with Crippen molar-refractivity contribution >= 4 is 17.5 Å². The number of primary amides is 1. The zero-order valence-corrected chi connectivity index (χ0v) is 11.1. The summed E-state index contributed by atoms with van der Waals surface area (Å²) in [7, 11) is 0. The van der Waals surface area contributed by atoms with E-state index >= 15 is 0 Å².